The van der Waals surface area contributed by atoms with Crippen molar-refractivity contribution in [1.29, 1.82) is 0 Å². The van der Waals surface area contributed by atoms with Gasteiger partial charge in [0.1, 0.15) is 5.01 Å². The highest BCUT2D eigenvalue weighted by molar-refractivity contribution is 7.13. The molecule has 0 aliphatic heterocycles. The van der Waals surface area contributed by atoms with E-state index in [1.54, 1.807) is 17.4 Å². The molecule has 4 heteroatoms. The van der Waals surface area contributed by atoms with Gasteiger partial charge in [-0.2, -0.15) is 0 Å². The average Bonchev–Trinajstić information content (AvgIpc) is 3.00. The fourth-order valence-electron chi connectivity index (χ4n) is 2.58. The van der Waals surface area contributed by atoms with E-state index in [0.29, 0.717) is 11.5 Å². The normalized spacial score (nSPS) is 11.1. The van der Waals surface area contributed by atoms with Crippen LogP contribution < -0.4 is 0 Å². The molecule has 118 valence electrons. The van der Waals surface area contributed by atoms with E-state index in [2.05, 4.69) is 37.4 Å². The van der Waals surface area contributed by atoms with Crippen LogP contribution in [0.4, 0.5) is 0 Å². The molecule has 2 aromatic carbocycles. The van der Waals surface area contributed by atoms with Crippen LogP contribution in [0.15, 0.2) is 41.8 Å². The number of carbonyl (C=O) groups excluding carboxylic acids is 1. The maximum Gasteiger partial charge on any atom is 0.337 e. The second-order valence-corrected chi connectivity index (χ2v) is 6.87. The van der Waals surface area contributed by atoms with E-state index in [4.69, 9.17) is 9.72 Å². The lowest BCUT2D eigenvalue weighted by molar-refractivity contribution is 0.0601. The quantitative estimate of drug-likeness (QED) is 0.637. The fourth-order valence-corrected chi connectivity index (χ4v) is 3.41. The monoisotopic (exact) mass is 325 g/mol. The number of carbonyl (C=O) groups is 1. The van der Waals surface area contributed by atoms with Crippen molar-refractivity contribution < 1.29 is 9.53 Å². The molecule has 0 spiro atoms. The van der Waals surface area contributed by atoms with Gasteiger partial charge >= 0.3 is 5.97 Å². The Kier molecular flexibility index (Phi) is 4.44. The molecule has 23 heavy (non-hydrogen) atoms. The molecule has 0 aliphatic carbocycles. The minimum Gasteiger partial charge on any atom is -0.465 e. The van der Waals surface area contributed by atoms with Crippen molar-refractivity contribution in [3.8, 4) is 10.6 Å². The molecule has 3 rings (SSSR count). The number of thiazole rings is 1. The van der Waals surface area contributed by atoms with Crippen LogP contribution in [0.1, 0.15) is 29.9 Å². The van der Waals surface area contributed by atoms with Crippen LogP contribution in [0.3, 0.4) is 0 Å². The van der Waals surface area contributed by atoms with Crippen molar-refractivity contribution >= 4 is 28.1 Å². The Balaban J connectivity index is 1.98. The number of esters is 1. The summed E-state index contributed by atoms with van der Waals surface area (Å²) in [5.74, 6) is 0.287. The van der Waals surface area contributed by atoms with Gasteiger partial charge in [-0.15, -0.1) is 11.3 Å². The largest absolute Gasteiger partial charge is 0.465 e. The minimum absolute atomic E-state index is 0.314. The van der Waals surface area contributed by atoms with E-state index in [1.165, 1.54) is 7.11 Å². The molecule has 3 aromatic rings. The zero-order chi connectivity index (χ0) is 16.4. The van der Waals surface area contributed by atoms with Crippen molar-refractivity contribution in [2.45, 2.75) is 20.3 Å². The number of rotatable bonds is 4. The van der Waals surface area contributed by atoms with Crippen molar-refractivity contribution in [2.24, 2.45) is 5.92 Å². The molecule has 0 amide bonds. The molecular weight excluding hydrogens is 306 g/mol. The SMILES string of the molecule is COC(=O)c1ccc2ccc(-c3nc(CC(C)C)cs3)cc2c1. The predicted molar refractivity (Wildman–Crippen MR) is 94.9 cm³/mol. The number of hydrogen-bond donors (Lipinski definition) is 0. The number of nitrogens with zero attached hydrogens (tertiary/aromatic N) is 1. The number of fused-ring (bicyclic) bond motifs is 1. The summed E-state index contributed by atoms with van der Waals surface area (Å²) in [5, 5.41) is 5.27. The molecule has 1 heterocycles. The van der Waals surface area contributed by atoms with E-state index in [-0.39, 0.29) is 5.97 Å². The number of ether oxygens (including phenoxy) is 1. The van der Waals surface area contributed by atoms with Crippen molar-refractivity contribution in [3.63, 3.8) is 0 Å². The Morgan fingerprint density at radius 1 is 1.17 bits per heavy atom. The topological polar surface area (TPSA) is 39.2 Å². The lowest BCUT2D eigenvalue weighted by Crippen LogP contribution is -2.00. The van der Waals surface area contributed by atoms with Crippen LogP contribution >= 0.6 is 11.3 Å². The highest BCUT2D eigenvalue weighted by atomic mass is 32.1. The van der Waals surface area contributed by atoms with Crippen molar-refractivity contribution in [1.82, 2.24) is 4.98 Å². The van der Waals surface area contributed by atoms with Crippen LogP contribution in [0, 0.1) is 5.92 Å². The van der Waals surface area contributed by atoms with Gasteiger partial charge in [0.2, 0.25) is 0 Å². The molecule has 0 N–H and O–H groups in total. The smallest absolute Gasteiger partial charge is 0.337 e. The number of benzene rings is 2. The van der Waals surface area contributed by atoms with Crippen molar-refractivity contribution in [2.75, 3.05) is 7.11 Å². The first-order valence-corrected chi connectivity index (χ1v) is 8.51. The van der Waals surface area contributed by atoms with Crippen LogP contribution in [0.2, 0.25) is 0 Å². The van der Waals surface area contributed by atoms with Crippen LogP contribution in [0.25, 0.3) is 21.3 Å². The van der Waals surface area contributed by atoms with Gasteiger partial charge in [0.05, 0.1) is 18.4 Å². The predicted octanol–water partition coefficient (Wildman–Crippen LogP) is 4.95. The Morgan fingerprint density at radius 3 is 2.70 bits per heavy atom. The summed E-state index contributed by atoms with van der Waals surface area (Å²) < 4.78 is 4.79. The van der Waals surface area contributed by atoms with Gasteiger partial charge in [-0.3, -0.25) is 0 Å². The molecule has 0 atom stereocenters. The summed E-state index contributed by atoms with van der Waals surface area (Å²) in [6.07, 6.45) is 0.997. The zero-order valence-corrected chi connectivity index (χ0v) is 14.3. The van der Waals surface area contributed by atoms with Crippen molar-refractivity contribution in [3.05, 3.63) is 53.0 Å². The Labute approximate surface area is 139 Å². The van der Waals surface area contributed by atoms with Gasteiger partial charge < -0.3 is 4.74 Å². The molecule has 0 saturated carbocycles. The maximum absolute atomic E-state index is 11.7. The van der Waals surface area contributed by atoms with Crippen LogP contribution in [0.5, 0.6) is 0 Å². The summed E-state index contributed by atoms with van der Waals surface area (Å²) >= 11 is 1.67. The maximum atomic E-state index is 11.7. The third-order valence-electron chi connectivity index (χ3n) is 3.68. The first kappa shape index (κ1) is 15.7. The summed E-state index contributed by atoms with van der Waals surface area (Å²) in [5.41, 5.74) is 2.79. The molecule has 1 aromatic heterocycles. The van der Waals surface area contributed by atoms with Gasteiger partial charge in [0, 0.05) is 10.9 Å². The number of aromatic nitrogens is 1. The lowest BCUT2D eigenvalue weighted by Gasteiger charge is -2.04. The highest BCUT2D eigenvalue weighted by Crippen LogP contribution is 2.28. The summed E-state index contributed by atoms with van der Waals surface area (Å²) in [7, 11) is 1.40. The molecule has 0 fully saturated rings. The highest BCUT2D eigenvalue weighted by Gasteiger charge is 2.09. The Bertz CT molecular complexity index is 851. The summed E-state index contributed by atoms with van der Waals surface area (Å²) in [6, 6.07) is 11.8. The van der Waals surface area contributed by atoms with E-state index < -0.39 is 0 Å². The van der Waals surface area contributed by atoms with Crippen LogP contribution in [-0.4, -0.2) is 18.1 Å². The second kappa shape index (κ2) is 6.50. The van der Waals surface area contributed by atoms with E-state index in [0.717, 1.165) is 33.5 Å². The number of hydrogen-bond acceptors (Lipinski definition) is 4. The Morgan fingerprint density at radius 2 is 1.96 bits per heavy atom. The molecule has 3 nitrogen and oxygen atoms in total. The molecule has 0 saturated heterocycles. The first-order chi connectivity index (χ1) is 11.1. The van der Waals surface area contributed by atoms with Gasteiger partial charge in [-0.25, -0.2) is 9.78 Å². The summed E-state index contributed by atoms with van der Waals surface area (Å²) in [6.45, 7) is 4.40. The van der Waals surface area contributed by atoms with Crippen LogP contribution in [-0.2, 0) is 11.2 Å². The third kappa shape index (κ3) is 3.42. The van der Waals surface area contributed by atoms with E-state index in [1.807, 2.05) is 12.1 Å². The van der Waals surface area contributed by atoms with E-state index in [9.17, 15) is 4.79 Å². The van der Waals surface area contributed by atoms with Gasteiger partial charge in [0.15, 0.2) is 0 Å². The number of methoxy groups -OCH3 is 1. The molecule has 0 aliphatic rings. The Hall–Kier alpha value is -2.20. The third-order valence-corrected chi connectivity index (χ3v) is 4.62. The van der Waals surface area contributed by atoms with Gasteiger partial charge in [-0.1, -0.05) is 32.0 Å². The van der Waals surface area contributed by atoms with E-state index >= 15 is 0 Å². The van der Waals surface area contributed by atoms with Gasteiger partial charge in [-0.05, 0) is 41.3 Å². The fraction of sp³-hybridized carbons (Fsp3) is 0.263. The minimum atomic E-state index is -0.314. The second-order valence-electron chi connectivity index (χ2n) is 6.01. The first-order valence-electron chi connectivity index (χ1n) is 7.63. The zero-order valence-electron chi connectivity index (χ0n) is 13.5. The molecular formula is C19H19NO2S. The molecule has 0 unspecified atom stereocenters. The molecule has 0 radical (unpaired) electrons. The molecule has 0 bridgehead atoms. The van der Waals surface area contributed by atoms with Gasteiger partial charge in [0.25, 0.3) is 0 Å². The standard InChI is InChI=1S/C19H19NO2S/c1-12(2)8-17-11-23-18(20-17)14-6-4-13-5-7-15(19(21)22-3)10-16(13)9-14/h4-7,9-12H,8H2,1-3H3. The lowest BCUT2D eigenvalue weighted by atomic mass is 10.0. The average molecular weight is 325 g/mol. The summed E-state index contributed by atoms with van der Waals surface area (Å²) in [4.78, 5) is 16.4.